The maximum Gasteiger partial charge on any atom is -0.0253 e. The first-order valence-corrected chi connectivity index (χ1v) is 16.3. The van der Waals surface area contributed by atoms with E-state index in [0.29, 0.717) is 5.92 Å². The summed E-state index contributed by atoms with van der Waals surface area (Å²) in [5.74, 6) is 0.383. The van der Waals surface area contributed by atoms with Crippen LogP contribution in [-0.4, -0.2) is 11.8 Å². The van der Waals surface area contributed by atoms with Crippen LogP contribution in [0.2, 0.25) is 19.6 Å². The molecule has 0 aliphatic heterocycles. The molecule has 182 valence electrons. The van der Waals surface area contributed by atoms with Crippen molar-refractivity contribution in [3.05, 3.63) is 118 Å². The van der Waals surface area contributed by atoms with Crippen LogP contribution in [0.15, 0.2) is 83.6 Å². The van der Waals surface area contributed by atoms with Crippen molar-refractivity contribution in [2.75, 3.05) is 0 Å². The SMILES string of the molecule is CC1=[C-]C(C)C=C1[Si](C)(C)C.Fc1ccc([CH]=[Zr+2])cc1.[Cl-].[Cl-].[c-]1cccc2c1Cc1ccccc1-2. The molecule has 5 rings (SSSR count). The number of allylic oxidation sites excluding steroid dienone is 4. The number of hydrogen-bond acceptors (Lipinski definition) is 0. The summed E-state index contributed by atoms with van der Waals surface area (Å²) in [4.78, 5) is 0. The standard InChI is InChI=1S/C13H9.C10H17Si.C7H5F.2ClH.Zr/c1-3-7-12-10(5-1)9-11-6-2-4-8-13(11)12;1-8-6-9(2)10(7-8)11(3,4)5;1-6-2-4-7(8)5-3-6;;;/h1-5,7-8H,9H2;7-8H,1-5H3;1-5H;2*1H;/q2*-1;;;;+2/p-2. The molecular weight excluding hydrogens is 570 g/mol. The van der Waals surface area contributed by atoms with E-state index in [4.69, 9.17) is 0 Å². The van der Waals surface area contributed by atoms with Crippen LogP contribution in [0.5, 0.6) is 0 Å². The molecule has 2 aliphatic rings. The molecule has 3 aromatic rings. The zero-order chi connectivity index (χ0) is 24.0. The predicted molar refractivity (Wildman–Crippen MR) is 138 cm³/mol. The summed E-state index contributed by atoms with van der Waals surface area (Å²) < 4.78 is 14.2. The minimum Gasteiger partial charge on any atom is -1.00 e. The van der Waals surface area contributed by atoms with E-state index in [9.17, 15) is 4.39 Å². The summed E-state index contributed by atoms with van der Waals surface area (Å²) in [5, 5.41) is 1.60. The van der Waals surface area contributed by atoms with E-state index in [1.807, 2.05) is 9.78 Å². The Morgan fingerprint density at radius 1 is 0.943 bits per heavy atom. The topological polar surface area (TPSA) is 0 Å². The molecule has 0 aromatic heterocycles. The molecule has 0 nitrogen and oxygen atoms in total. The Bertz CT molecular complexity index is 1130. The molecule has 0 N–H and O–H groups in total. The van der Waals surface area contributed by atoms with E-state index >= 15 is 0 Å². The first kappa shape index (κ1) is 31.6. The van der Waals surface area contributed by atoms with Crippen molar-refractivity contribution in [3.8, 4) is 11.1 Å². The molecule has 1 atom stereocenters. The van der Waals surface area contributed by atoms with E-state index in [0.717, 1.165) is 12.0 Å². The second-order valence-corrected chi connectivity index (χ2v) is 15.2. The van der Waals surface area contributed by atoms with Gasteiger partial charge in [-0.2, -0.15) is 35.9 Å². The minimum atomic E-state index is -1.07. The molecule has 3 aromatic carbocycles. The van der Waals surface area contributed by atoms with Gasteiger partial charge in [0.1, 0.15) is 0 Å². The fourth-order valence-corrected chi connectivity index (χ4v) is 6.63. The summed E-state index contributed by atoms with van der Waals surface area (Å²) in [6.45, 7) is 11.6. The molecule has 0 saturated carbocycles. The quantitative estimate of drug-likeness (QED) is 0.243. The average Bonchev–Trinajstić information content (AvgIpc) is 3.34. The Hall–Kier alpha value is -1.38. The Morgan fingerprint density at radius 3 is 2.11 bits per heavy atom. The van der Waals surface area contributed by atoms with Crippen molar-refractivity contribution >= 4 is 11.8 Å². The van der Waals surface area contributed by atoms with E-state index in [1.54, 1.807) is 17.3 Å². The van der Waals surface area contributed by atoms with Gasteiger partial charge in [-0.15, -0.1) is 5.56 Å². The van der Waals surface area contributed by atoms with Gasteiger partial charge in [-0.3, -0.25) is 6.08 Å². The van der Waals surface area contributed by atoms with Crippen molar-refractivity contribution < 1.29 is 53.4 Å². The van der Waals surface area contributed by atoms with E-state index in [2.05, 4.69) is 88.1 Å². The van der Waals surface area contributed by atoms with E-state index in [1.165, 1.54) is 64.2 Å². The molecule has 0 radical (unpaired) electrons. The molecule has 0 spiro atoms. The van der Waals surface area contributed by atoms with Gasteiger partial charge in [0, 0.05) is 0 Å². The number of benzene rings is 3. The zero-order valence-electron chi connectivity index (χ0n) is 20.9. The van der Waals surface area contributed by atoms with Gasteiger partial charge in [-0.1, -0.05) is 74.8 Å². The third-order valence-corrected chi connectivity index (χ3v) is 8.70. The minimum absolute atomic E-state index is 0. The smallest absolute Gasteiger partial charge is 0.0253 e. The Labute approximate surface area is 238 Å². The molecule has 5 heteroatoms. The largest absolute Gasteiger partial charge is 1.00 e. The Balaban J connectivity index is 0.000000260. The number of fused-ring (bicyclic) bond motifs is 3. The predicted octanol–water partition coefficient (Wildman–Crippen LogP) is 1.78. The number of hydrogen-bond donors (Lipinski definition) is 0. The van der Waals surface area contributed by atoms with Crippen LogP contribution in [-0.2, 0) is 30.7 Å². The average molecular weight is 601 g/mol. The first-order chi connectivity index (χ1) is 15.7. The molecule has 0 saturated heterocycles. The van der Waals surface area contributed by atoms with Gasteiger partial charge < -0.3 is 24.8 Å². The van der Waals surface area contributed by atoms with Crippen molar-refractivity contribution in [3.63, 3.8) is 0 Å². The van der Waals surface area contributed by atoms with Crippen molar-refractivity contribution in [1.82, 2.24) is 0 Å². The molecule has 0 fully saturated rings. The summed E-state index contributed by atoms with van der Waals surface area (Å²) in [6, 6.07) is 24.6. The summed E-state index contributed by atoms with van der Waals surface area (Å²) in [5.41, 5.74) is 8.00. The van der Waals surface area contributed by atoms with E-state index < -0.39 is 8.07 Å². The van der Waals surface area contributed by atoms with Gasteiger partial charge >= 0.3 is 68.0 Å². The van der Waals surface area contributed by atoms with Gasteiger partial charge in [0.25, 0.3) is 0 Å². The van der Waals surface area contributed by atoms with E-state index in [-0.39, 0.29) is 30.6 Å². The van der Waals surface area contributed by atoms with Crippen molar-refractivity contribution in [2.24, 2.45) is 5.92 Å². The van der Waals surface area contributed by atoms with Crippen LogP contribution >= 0.6 is 0 Å². The molecule has 0 amide bonds. The third kappa shape index (κ3) is 8.90. The normalized spacial score (nSPS) is 14.8. The van der Waals surface area contributed by atoms with Gasteiger partial charge in [-0.05, 0) is 14.5 Å². The fourth-order valence-electron chi connectivity index (χ4n) is 4.21. The van der Waals surface area contributed by atoms with Crippen LogP contribution in [0, 0.1) is 23.9 Å². The Kier molecular flexibility index (Phi) is 13.0. The van der Waals surface area contributed by atoms with Gasteiger partial charge in [-0.25, -0.2) is 10.8 Å². The Morgan fingerprint density at radius 2 is 1.57 bits per heavy atom. The van der Waals surface area contributed by atoms with Gasteiger partial charge in [0.05, 0.1) is 0 Å². The van der Waals surface area contributed by atoms with Gasteiger partial charge in [0.15, 0.2) is 0 Å². The van der Waals surface area contributed by atoms with Gasteiger partial charge in [0.2, 0.25) is 0 Å². The molecule has 0 heterocycles. The summed E-state index contributed by atoms with van der Waals surface area (Å²) >= 11 is 1.34. The molecule has 2 aliphatic carbocycles. The second kappa shape index (κ2) is 14.4. The summed E-state index contributed by atoms with van der Waals surface area (Å²) in [6.07, 6.45) is 6.86. The maximum atomic E-state index is 12.2. The van der Waals surface area contributed by atoms with Crippen LogP contribution in [0.1, 0.15) is 30.5 Å². The van der Waals surface area contributed by atoms with Crippen LogP contribution in [0.3, 0.4) is 0 Å². The number of rotatable bonds is 2. The molecule has 1 unspecified atom stereocenters. The monoisotopic (exact) mass is 598 g/mol. The number of halogens is 3. The molecule has 35 heavy (non-hydrogen) atoms. The first-order valence-electron chi connectivity index (χ1n) is 11.4. The maximum absolute atomic E-state index is 12.2. The van der Waals surface area contributed by atoms with Crippen molar-refractivity contribution in [1.29, 1.82) is 0 Å². The third-order valence-electron chi connectivity index (χ3n) is 5.73. The van der Waals surface area contributed by atoms with Crippen LogP contribution in [0.25, 0.3) is 11.1 Å². The fraction of sp³-hybridized carbons (Fsp3) is 0.233. The second-order valence-electron chi connectivity index (χ2n) is 9.48. The van der Waals surface area contributed by atoms with Crippen molar-refractivity contribution in [2.45, 2.75) is 39.9 Å². The molecular formula is C30H31Cl2FSiZr-2. The molecule has 0 bridgehead atoms. The van der Waals surface area contributed by atoms with Crippen LogP contribution in [0.4, 0.5) is 4.39 Å². The summed E-state index contributed by atoms with van der Waals surface area (Å²) in [7, 11) is -1.07. The zero-order valence-corrected chi connectivity index (χ0v) is 25.9. The van der Waals surface area contributed by atoms with Crippen LogP contribution < -0.4 is 24.8 Å².